The molecule has 2 N–H and O–H groups in total. The van der Waals surface area contributed by atoms with Crippen molar-refractivity contribution >= 4 is 11.6 Å². The molecule has 1 aliphatic rings. The average Bonchev–Trinajstić information content (AvgIpc) is 2.88. The number of aryl methyl sites for hydroxylation is 1. The maximum absolute atomic E-state index is 12.2. The molecule has 21 heavy (non-hydrogen) atoms. The third-order valence-corrected chi connectivity index (χ3v) is 4.22. The first kappa shape index (κ1) is 15.8. The van der Waals surface area contributed by atoms with Crippen LogP contribution in [0.25, 0.3) is 0 Å². The summed E-state index contributed by atoms with van der Waals surface area (Å²) in [7, 11) is 2.13. The second-order valence-corrected chi connectivity index (χ2v) is 5.94. The number of nitrogens with zero attached hydrogens (tertiary/aromatic N) is 1. The van der Waals surface area contributed by atoms with Gasteiger partial charge in [0.15, 0.2) is 0 Å². The van der Waals surface area contributed by atoms with Gasteiger partial charge >= 0.3 is 0 Å². The summed E-state index contributed by atoms with van der Waals surface area (Å²) in [6.45, 7) is 7.02. The molecule has 1 unspecified atom stereocenters. The highest BCUT2D eigenvalue weighted by atomic mass is 16.1. The highest BCUT2D eigenvalue weighted by Crippen LogP contribution is 2.17. The van der Waals surface area contributed by atoms with Crippen LogP contribution in [0.3, 0.4) is 0 Å². The Bertz CT molecular complexity index is 487. The smallest absolute Gasteiger partial charge is 0.251 e. The van der Waals surface area contributed by atoms with Crippen molar-refractivity contribution in [3.05, 3.63) is 29.3 Å². The molecule has 1 aliphatic heterocycles. The van der Waals surface area contributed by atoms with Crippen LogP contribution in [-0.2, 0) is 0 Å². The molecule has 0 spiro atoms. The maximum Gasteiger partial charge on any atom is 0.251 e. The Balaban J connectivity index is 1.91. The number of carbonyl (C=O) groups is 1. The molecule has 1 atom stereocenters. The molecule has 0 saturated carbocycles. The standard InChI is InChI=1S/C17H27N3O/c1-4-9-18-16-8-7-14(11-13(16)2)17(21)19-12-15-6-5-10-20(15)3/h7-8,11,15,18H,4-6,9-10,12H2,1-3H3,(H,19,21). The van der Waals surface area contributed by atoms with Gasteiger partial charge in [-0.25, -0.2) is 0 Å². The van der Waals surface area contributed by atoms with Crippen LogP contribution in [0, 0.1) is 6.92 Å². The molecule has 0 aromatic heterocycles. The van der Waals surface area contributed by atoms with Crippen molar-refractivity contribution in [2.45, 2.75) is 39.2 Å². The minimum Gasteiger partial charge on any atom is -0.385 e. The summed E-state index contributed by atoms with van der Waals surface area (Å²) in [6.07, 6.45) is 3.50. The van der Waals surface area contributed by atoms with Gasteiger partial charge in [0.25, 0.3) is 5.91 Å². The fourth-order valence-corrected chi connectivity index (χ4v) is 2.81. The van der Waals surface area contributed by atoms with E-state index in [2.05, 4.69) is 29.5 Å². The second-order valence-electron chi connectivity index (χ2n) is 5.94. The van der Waals surface area contributed by atoms with Crippen molar-refractivity contribution in [3.63, 3.8) is 0 Å². The molecular formula is C17H27N3O. The first-order valence-corrected chi connectivity index (χ1v) is 7.94. The predicted molar refractivity (Wildman–Crippen MR) is 87.9 cm³/mol. The Hall–Kier alpha value is -1.55. The van der Waals surface area contributed by atoms with Gasteiger partial charge in [-0.2, -0.15) is 0 Å². The van der Waals surface area contributed by atoms with Crippen molar-refractivity contribution in [1.29, 1.82) is 0 Å². The van der Waals surface area contributed by atoms with Gasteiger partial charge in [0.1, 0.15) is 0 Å². The Labute approximate surface area is 127 Å². The van der Waals surface area contributed by atoms with Gasteiger partial charge < -0.3 is 15.5 Å². The van der Waals surface area contributed by atoms with Crippen LogP contribution in [0.1, 0.15) is 42.1 Å². The van der Waals surface area contributed by atoms with Crippen LogP contribution in [0.15, 0.2) is 18.2 Å². The van der Waals surface area contributed by atoms with E-state index in [1.807, 2.05) is 25.1 Å². The zero-order valence-electron chi connectivity index (χ0n) is 13.4. The molecule has 2 rings (SSSR count). The molecule has 1 aromatic carbocycles. The summed E-state index contributed by atoms with van der Waals surface area (Å²) in [5.74, 6) is 0.0282. The van der Waals surface area contributed by atoms with Crippen LogP contribution < -0.4 is 10.6 Å². The van der Waals surface area contributed by atoms with Gasteiger partial charge in [-0.1, -0.05) is 6.92 Å². The maximum atomic E-state index is 12.2. The molecule has 1 fully saturated rings. The van der Waals surface area contributed by atoms with Gasteiger partial charge in [-0.05, 0) is 63.5 Å². The van der Waals surface area contributed by atoms with Gasteiger partial charge in [0.05, 0.1) is 0 Å². The number of rotatable bonds is 6. The number of likely N-dealkylation sites (N-methyl/N-ethyl adjacent to an activating group) is 1. The van der Waals surface area contributed by atoms with E-state index in [1.54, 1.807) is 0 Å². The van der Waals surface area contributed by atoms with Crippen molar-refractivity contribution in [3.8, 4) is 0 Å². The van der Waals surface area contributed by atoms with E-state index in [4.69, 9.17) is 0 Å². The van der Waals surface area contributed by atoms with Gasteiger partial charge in [-0.15, -0.1) is 0 Å². The molecule has 1 aromatic rings. The lowest BCUT2D eigenvalue weighted by molar-refractivity contribution is 0.0943. The number of benzene rings is 1. The van der Waals surface area contributed by atoms with Crippen molar-refractivity contribution in [1.82, 2.24) is 10.2 Å². The first-order chi connectivity index (χ1) is 10.1. The van der Waals surface area contributed by atoms with Crippen molar-refractivity contribution in [2.75, 3.05) is 32.0 Å². The number of hydrogen-bond acceptors (Lipinski definition) is 3. The Morgan fingerprint density at radius 1 is 1.43 bits per heavy atom. The number of hydrogen-bond donors (Lipinski definition) is 2. The molecule has 0 aliphatic carbocycles. The SMILES string of the molecule is CCCNc1ccc(C(=O)NCC2CCCN2C)cc1C. The monoisotopic (exact) mass is 289 g/mol. The van der Waals surface area contributed by atoms with Gasteiger partial charge in [0.2, 0.25) is 0 Å². The molecule has 116 valence electrons. The number of anilines is 1. The van der Waals surface area contributed by atoms with E-state index >= 15 is 0 Å². The van der Waals surface area contributed by atoms with E-state index in [-0.39, 0.29) is 5.91 Å². The lowest BCUT2D eigenvalue weighted by atomic mass is 10.1. The summed E-state index contributed by atoms with van der Waals surface area (Å²) in [5, 5.41) is 6.43. The van der Waals surface area contributed by atoms with Gasteiger partial charge in [0, 0.05) is 30.4 Å². The molecule has 1 amide bonds. The normalized spacial score (nSPS) is 18.7. The lowest BCUT2D eigenvalue weighted by Gasteiger charge is -2.19. The number of carbonyl (C=O) groups excluding carboxylic acids is 1. The van der Waals surface area contributed by atoms with Crippen LogP contribution in [0.2, 0.25) is 0 Å². The molecule has 1 saturated heterocycles. The minimum atomic E-state index is 0.0282. The summed E-state index contributed by atoms with van der Waals surface area (Å²) < 4.78 is 0. The molecule has 1 heterocycles. The number of amides is 1. The summed E-state index contributed by atoms with van der Waals surface area (Å²) in [5.41, 5.74) is 2.98. The van der Waals surface area contributed by atoms with Crippen molar-refractivity contribution < 1.29 is 4.79 Å². The molecule has 4 nitrogen and oxygen atoms in total. The number of nitrogens with one attached hydrogen (secondary N) is 2. The molecule has 0 radical (unpaired) electrons. The third kappa shape index (κ3) is 4.21. The molecular weight excluding hydrogens is 262 g/mol. The summed E-state index contributed by atoms with van der Waals surface area (Å²) in [6, 6.07) is 6.35. The number of likely N-dealkylation sites (tertiary alicyclic amines) is 1. The van der Waals surface area contributed by atoms with E-state index < -0.39 is 0 Å². The van der Waals surface area contributed by atoms with E-state index in [0.29, 0.717) is 6.04 Å². The van der Waals surface area contributed by atoms with Crippen LogP contribution >= 0.6 is 0 Å². The Kier molecular flexibility index (Phi) is 5.62. The van der Waals surface area contributed by atoms with E-state index in [9.17, 15) is 4.79 Å². The summed E-state index contributed by atoms with van der Waals surface area (Å²) in [4.78, 5) is 14.6. The topological polar surface area (TPSA) is 44.4 Å². The summed E-state index contributed by atoms with van der Waals surface area (Å²) >= 11 is 0. The molecule has 0 bridgehead atoms. The van der Waals surface area contributed by atoms with Crippen LogP contribution in [0.4, 0.5) is 5.69 Å². The molecule has 4 heteroatoms. The first-order valence-electron chi connectivity index (χ1n) is 7.94. The minimum absolute atomic E-state index is 0.0282. The van der Waals surface area contributed by atoms with E-state index in [0.717, 1.165) is 42.9 Å². The zero-order valence-corrected chi connectivity index (χ0v) is 13.4. The Morgan fingerprint density at radius 2 is 2.24 bits per heavy atom. The lowest BCUT2D eigenvalue weighted by Crippen LogP contribution is -2.38. The third-order valence-electron chi connectivity index (χ3n) is 4.22. The quantitative estimate of drug-likeness (QED) is 0.846. The largest absolute Gasteiger partial charge is 0.385 e. The van der Waals surface area contributed by atoms with E-state index in [1.165, 1.54) is 12.8 Å². The second kappa shape index (κ2) is 7.46. The fourth-order valence-electron chi connectivity index (χ4n) is 2.81. The highest BCUT2D eigenvalue weighted by molar-refractivity contribution is 5.94. The van der Waals surface area contributed by atoms with Gasteiger partial charge in [-0.3, -0.25) is 4.79 Å². The predicted octanol–water partition coefficient (Wildman–Crippen LogP) is 2.64. The van der Waals surface area contributed by atoms with Crippen LogP contribution in [0.5, 0.6) is 0 Å². The average molecular weight is 289 g/mol. The van der Waals surface area contributed by atoms with Crippen molar-refractivity contribution in [2.24, 2.45) is 0 Å². The zero-order chi connectivity index (χ0) is 15.2. The Morgan fingerprint density at radius 3 is 2.86 bits per heavy atom. The highest BCUT2D eigenvalue weighted by Gasteiger charge is 2.21. The van der Waals surface area contributed by atoms with Crippen LogP contribution in [-0.4, -0.2) is 43.5 Å². The fraction of sp³-hybridized carbons (Fsp3) is 0.588.